The van der Waals surface area contributed by atoms with Gasteiger partial charge in [0, 0.05) is 24.2 Å². The van der Waals surface area contributed by atoms with Crippen molar-refractivity contribution < 1.29 is 14.3 Å². The summed E-state index contributed by atoms with van der Waals surface area (Å²) in [6.07, 6.45) is 1.80. The van der Waals surface area contributed by atoms with Gasteiger partial charge in [-0.15, -0.1) is 0 Å². The van der Waals surface area contributed by atoms with Crippen molar-refractivity contribution in [3.63, 3.8) is 0 Å². The second-order valence-electron chi connectivity index (χ2n) is 7.29. The van der Waals surface area contributed by atoms with E-state index >= 15 is 0 Å². The minimum atomic E-state index is -0.486. The zero-order chi connectivity index (χ0) is 17.8. The Hall–Kier alpha value is -2.25. The average Bonchev–Trinajstić information content (AvgIpc) is 2.90. The normalized spacial score (nSPS) is 17.6. The molecule has 3 aromatic rings. The lowest BCUT2D eigenvalue weighted by Crippen LogP contribution is -2.32. The number of rotatable bonds is 3. The van der Waals surface area contributed by atoms with Gasteiger partial charge in [0.2, 0.25) is 5.71 Å². The van der Waals surface area contributed by atoms with E-state index in [-0.39, 0.29) is 5.60 Å². The van der Waals surface area contributed by atoms with E-state index in [0.717, 1.165) is 28.6 Å². The SMILES string of the molecule is Cc1nc2oc3c(NC[C@@H](C)O)ncnc3c2c2c1COC(C)(C)C2. The average molecular weight is 342 g/mol. The van der Waals surface area contributed by atoms with E-state index < -0.39 is 6.10 Å². The monoisotopic (exact) mass is 342 g/mol. The highest BCUT2D eigenvalue weighted by Crippen LogP contribution is 2.39. The van der Waals surface area contributed by atoms with E-state index in [9.17, 15) is 5.11 Å². The van der Waals surface area contributed by atoms with Crippen LogP contribution in [0.15, 0.2) is 10.7 Å². The molecule has 4 rings (SSSR count). The molecule has 0 aliphatic carbocycles. The van der Waals surface area contributed by atoms with E-state index in [2.05, 4.69) is 34.1 Å². The molecule has 3 aromatic heterocycles. The lowest BCUT2D eigenvalue weighted by atomic mass is 9.89. The van der Waals surface area contributed by atoms with Crippen LogP contribution in [0.4, 0.5) is 5.82 Å². The third kappa shape index (κ3) is 2.73. The Labute approximate surface area is 145 Å². The molecule has 1 aliphatic heterocycles. The number of nitrogens with one attached hydrogen (secondary N) is 1. The van der Waals surface area contributed by atoms with Crippen LogP contribution < -0.4 is 5.32 Å². The second kappa shape index (κ2) is 5.64. The Morgan fingerprint density at radius 1 is 1.32 bits per heavy atom. The molecular formula is C18H22N4O3. The molecule has 0 fully saturated rings. The van der Waals surface area contributed by atoms with Crippen molar-refractivity contribution >= 4 is 28.0 Å². The van der Waals surface area contributed by atoms with Crippen molar-refractivity contribution in [2.24, 2.45) is 0 Å². The molecule has 132 valence electrons. The summed E-state index contributed by atoms with van der Waals surface area (Å²) in [4.78, 5) is 13.3. The molecule has 0 unspecified atom stereocenters. The van der Waals surface area contributed by atoms with Crippen LogP contribution in [0.1, 0.15) is 37.6 Å². The van der Waals surface area contributed by atoms with Crippen molar-refractivity contribution in [3.8, 4) is 0 Å². The highest BCUT2D eigenvalue weighted by atomic mass is 16.5. The number of aromatic nitrogens is 3. The number of pyridine rings is 1. The summed E-state index contributed by atoms with van der Waals surface area (Å²) >= 11 is 0. The van der Waals surface area contributed by atoms with Crippen molar-refractivity contribution in [1.82, 2.24) is 15.0 Å². The maximum absolute atomic E-state index is 9.51. The molecule has 0 saturated heterocycles. The van der Waals surface area contributed by atoms with Gasteiger partial charge in [-0.05, 0) is 33.3 Å². The quantitative estimate of drug-likeness (QED) is 0.756. The number of ether oxygens (including phenoxy) is 1. The van der Waals surface area contributed by atoms with Crippen LogP contribution in [0.2, 0.25) is 0 Å². The minimum absolute atomic E-state index is 0.238. The van der Waals surface area contributed by atoms with Gasteiger partial charge in [-0.25, -0.2) is 15.0 Å². The van der Waals surface area contributed by atoms with E-state index in [1.54, 1.807) is 6.92 Å². The zero-order valence-corrected chi connectivity index (χ0v) is 14.9. The van der Waals surface area contributed by atoms with Gasteiger partial charge in [-0.3, -0.25) is 0 Å². The Balaban J connectivity index is 1.96. The van der Waals surface area contributed by atoms with Gasteiger partial charge in [0.1, 0.15) is 11.8 Å². The summed E-state index contributed by atoms with van der Waals surface area (Å²) in [5, 5.41) is 13.6. The van der Waals surface area contributed by atoms with Gasteiger partial charge in [0.15, 0.2) is 11.4 Å². The number of anilines is 1. The van der Waals surface area contributed by atoms with Crippen molar-refractivity contribution in [1.29, 1.82) is 0 Å². The first-order chi connectivity index (χ1) is 11.9. The Kier molecular flexibility index (Phi) is 3.66. The van der Waals surface area contributed by atoms with E-state index in [4.69, 9.17) is 9.15 Å². The van der Waals surface area contributed by atoms with E-state index in [1.807, 2.05) is 6.92 Å². The topological polar surface area (TPSA) is 93.3 Å². The summed E-state index contributed by atoms with van der Waals surface area (Å²) in [7, 11) is 0. The molecule has 25 heavy (non-hydrogen) atoms. The number of nitrogens with zero attached hydrogens (tertiary/aromatic N) is 3. The first kappa shape index (κ1) is 16.2. The summed E-state index contributed by atoms with van der Waals surface area (Å²) in [5.74, 6) is 0.571. The fourth-order valence-corrected chi connectivity index (χ4v) is 3.34. The summed E-state index contributed by atoms with van der Waals surface area (Å²) in [6, 6.07) is 0. The number of fused-ring (bicyclic) bond motifs is 5. The van der Waals surface area contributed by atoms with E-state index in [1.165, 1.54) is 11.9 Å². The van der Waals surface area contributed by atoms with Crippen molar-refractivity contribution in [2.45, 2.75) is 52.4 Å². The highest BCUT2D eigenvalue weighted by molar-refractivity contribution is 6.06. The maximum Gasteiger partial charge on any atom is 0.229 e. The molecule has 0 saturated carbocycles. The molecule has 4 heterocycles. The molecule has 1 aliphatic rings. The first-order valence-corrected chi connectivity index (χ1v) is 8.47. The fourth-order valence-electron chi connectivity index (χ4n) is 3.34. The number of aliphatic hydroxyl groups excluding tert-OH is 1. The summed E-state index contributed by atoms with van der Waals surface area (Å²) in [6.45, 7) is 8.80. The van der Waals surface area contributed by atoms with Crippen LogP contribution in [-0.4, -0.2) is 38.3 Å². The second-order valence-corrected chi connectivity index (χ2v) is 7.29. The molecule has 0 spiro atoms. The molecule has 2 N–H and O–H groups in total. The molecule has 0 bridgehead atoms. The summed E-state index contributed by atoms with van der Waals surface area (Å²) in [5.41, 5.74) is 4.89. The number of hydrogen-bond acceptors (Lipinski definition) is 7. The molecular weight excluding hydrogens is 320 g/mol. The van der Waals surface area contributed by atoms with Crippen LogP contribution in [-0.2, 0) is 17.8 Å². The smallest absolute Gasteiger partial charge is 0.229 e. The van der Waals surface area contributed by atoms with Crippen molar-refractivity contribution in [2.75, 3.05) is 11.9 Å². The third-order valence-electron chi connectivity index (χ3n) is 4.60. The predicted molar refractivity (Wildman–Crippen MR) is 94.6 cm³/mol. The van der Waals surface area contributed by atoms with Crippen LogP contribution in [0.3, 0.4) is 0 Å². The molecule has 0 amide bonds. The van der Waals surface area contributed by atoms with Gasteiger partial charge in [-0.2, -0.15) is 0 Å². The lowest BCUT2D eigenvalue weighted by molar-refractivity contribution is -0.0400. The minimum Gasteiger partial charge on any atom is -0.432 e. The van der Waals surface area contributed by atoms with Crippen LogP contribution in [0, 0.1) is 6.92 Å². The molecule has 7 heteroatoms. The maximum atomic E-state index is 9.51. The van der Waals surface area contributed by atoms with Gasteiger partial charge in [0.25, 0.3) is 0 Å². The Morgan fingerprint density at radius 2 is 2.12 bits per heavy atom. The first-order valence-electron chi connectivity index (χ1n) is 8.47. The highest BCUT2D eigenvalue weighted by Gasteiger charge is 2.31. The predicted octanol–water partition coefficient (Wildman–Crippen LogP) is 2.72. The van der Waals surface area contributed by atoms with Crippen LogP contribution in [0.25, 0.3) is 22.2 Å². The zero-order valence-electron chi connectivity index (χ0n) is 14.9. The molecule has 0 aromatic carbocycles. The standard InChI is InChI=1S/C18H22N4O3/c1-9(23)6-19-16-15-14(20-8-21-16)13-11-5-18(3,4)24-7-12(11)10(2)22-17(13)25-15/h8-9,23H,5-7H2,1-4H3,(H,19,20,21)/t9-/m1/s1. The van der Waals surface area contributed by atoms with Crippen molar-refractivity contribution in [3.05, 3.63) is 23.1 Å². The molecule has 1 atom stereocenters. The van der Waals surface area contributed by atoms with Crippen LogP contribution in [0.5, 0.6) is 0 Å². The van der Waals surface area contributed by atoms with Gasteiger partial charge in [-0.1, -0.05) is 0 Å². The fraction of sp³-hybridized carbons (Fsp3) is 0.500. The Morgan fingerprint density at radius 3 is 2.88 bits per heavy atom. The Bertz CT molecular complexity index is 962. The van der Waals surface area contributed by atoms with E-state index in [0.29, 0.717) is 30.3 Å². The molecule has 7 nitrogen and oxygen atoms in total. The number of furan rings is 1. The number of aliphatic hydroxyl groups is 1. The summed E-state index contributed by atoms with van der Waals surface area (Å²) < 4.78 is 12.0. The van der Waals surface area contributed by atoms with Gasteiger partial charge < -0.3 is 19.6 Å². The van der Waals surface area contributed by atoms with Crippen LogP contribution >= 0.6 is 0 Å². The largest absolute Gasteiger partial charge is 0.432 e. The van der Waals surface area contributed by atoms with Gasteiger partial charge >= 0.3 is 0 Å². The number of hydrogen-bond donors (Lipinski definition) is 2. The molecule has 0 radical (unpaired) electrons. The third-order valence-corrected chi connectivity index (χ3v) is 4.60. The number of aryl methyl sites for hydroxylation is 1. The lowest BCUT2D eigenvalue weighted by Gasteiger charge is -2.32. The van der Waals surface area contributed by atoms with Gasteiger partial charge in [0.05, 0.1) is 23.7 Å².